The molecule has 0 aromatic carbocycles. The second-order valence-electron chi connectivity index (χ2n) is 6.25. The van der Waals surface area contributed by atoms with Crippen LogP contribution in [0.2, 0.25) is 11.6 Å². The van der Waals surface area contributed by atoms with Crippen molar-refractivity contribution in [1.82, 2.24) is 0 Å². The molecule has 0 aliphatic carbocycles. The summed E-state index contributed by atoms with van der Waals surface area (Å²) < 4.78 is 1.61. The lowest BCUT2D eigenvalue weighted by Crippen LogP contribution is -2.03. The van der Waals surface area contributed by atoms with Crippen molar-refractivity contribution in [3.8, 4) is 0 Å². The van der Waals surface area contributed by atoms with Crippen LogP contribution in [0, 0.1) is 0 Å². The summed E-state index contributed by atoms with van der Waals surface area (Å²) in [5, 5.41) is 0. The normalized spacial score (nSPS) is 13.6. The molecule has 0 heterocycles. The molecule has 0 amide bonds. The topological polar surface area (TPSA) is 0 Å². The maximum atomic E-state index is 2.38. The summed E-state index contributed by atoms with van der Waals surface area (Å²) in [6, 6.07) is 0. The molecule has 0 saturated heterocycles. The second-order valence-corrected chi connectivity index (χ2v) is 9.42. The summed E-state index contributed by atoms with van der Waals surface area (Å²) in [7, 11) is 0. The number of hydrogen-bond donors (Lipinski definition) is 0. The summed E-state index contributed by atoms with van der Waals surface area (Å²) in [5.41, 5.74) is 1.44. The third-order valence-electron chi connectivity index (χ3n) is 4.03. The van der Waals surface area contributed by atoms with Crippen LogP contribution < -0.4 is 0 Å². The zero-order valence-electron chi connectivity index (χ0n) is 15.0. The van der Waals surface area contributed by atoms with Crippen LogP contribution in [0.1, 0.15) is 65.7 Å². The molecule has 0 N–H and O–H groups in total. The van der Waals surface area contributed by atoms with Crippen LogP contribution in [0.5, 0.6) is 0 Å². The van der Waals surface area contributed by atoms with Gasteiger partial charge in [-0.2, -0.15) is 0 Å². The van der Waals surface area contributed by atoms with E-state index in [0.29, 0.717) is 0 Å². The van der Waals surface area contributed by atoms with Crippen molar-refractivity contribution in [2.75, 3.05) is 0 Å². The van der Waals surface area contributed by atoms with E-state index in [2.05, 4.69) is 68.8 Å². The monoisotopic (exact) mass is 302 g/mol. The number of unbranched alkanes of at least 4 members (excludes halogenated alkanes) is 6. The molecule has 0 bridgehead atoms. The van der Waals surface area contributed by atoms with E-state index >= 15 is 0 Å². The Morgan fingerprint density at radius 1 is 0.810 bits per heavy atom. The van der Waals surface area contributed by atoms with E-state index in [4.69, 9.17) is 0 Å². The van der Waals surface area contributed by atoms with E-state index in [-0.39, 0.29) is 0 Å². The van der Waals surface area contributed by atoms with Crippen LogP contribution in [0.3, 0.4) is 0 Å². The van der Waals surface area contributed by atoms with Crippen LogP contribution in [0.25, 0.3) is 0 Å². The highest BCUT2D eigenvalue weighted by Gasteiger charge is 2.05. The lowest BCUT2D eigenvalue weighted by atomic mass is 10.1. The zero-order valence-corrected chi connectivity index (χ0v) is 16.1. The quantitative estimate of drug-likeness (QED) is 0.218. The van der Waals surface area contributed by atoms with Gasteiger partial charge in [0, 0.05) is 0 Å². The maximum Gasteiger partial charge on any atom is 0.292 e. The average molecular weight is 302 g/mol. The van der Waals surface area contributed by atoms with Gasteiger partial charge in [0.15, 0.2) is 0 Å². The number of allylic oxidation sites excluding steroid dienone is 8. The molecule has 0 rings (SSSR count). The molecule has 0 radical (unpaired) electrons. The van der Waals surface area contributed by atoms with E-state index in [9.17, 15) is 0 Å². The minimum Gasteiger partial charge on any atom is -0.131 e. The highest BCUT2D eigenvalue weighted by Crippen LogP contribution is 2.09. The summed E-state index contributed by atoms with van der Waals surface area (Å²) in [5.74, 6) is 4.76. The van der Waals surface area contributed by atoms with Gasteiger partial charge in [-0.25, -0.2) is 0 Å². The number of rotatable bonds is 11. The van der Waals surface area contributed by atoms with Gasteiger partial charge in [0.25, 0.3) is 14.1 Å². The Morgan fingerprint density at radius 3 is 2.10 bits per heavy atom. The van der Waals surface area contributed by atoms with Crippen molar-refractivity contribution in [2.24, 2.45) is 0 Å². The summed E-state index contributed by atoms with van der Waals surface area (Å²) in [6.45, 7) is 6.77. The van der Waals surface area contributed by atoms with E-state index < -0.39 is 14.1 Å². The van der Waals surface area contributed by atoms with Gasteiger partial charge in [0.05, 0.1) is 0 Å². The highest BCUT2D eigenvalue weighted by molar-refractivity contribution is 6.64. The third kappa shape index (κ3) is 12.9. The maximum absolute atomic E-state index is 2.38. The predicted molar refractivity (Wildman–Crippen MR) is 101 cm³/mol. The zero-order chi connectivity index (χ0) is 15.9. The minimum absolute atomic E-state index is 0.621. The Hall–Kier alpha value is -0.508. The van der Waals surface area contributed by atoms with Crippen molar-refractivity contribution in [3.05, 3.63) is 46.5 Å². The molecule has 0 nitrogen and oxygen atoms in total. The van der Waals surface area contributed by atoms with Gasteiger partial charge < -0.3 is 0 Å². The Bertz CT molecular complexity index is 356. The Kier molecular flexibility index (Phi) is 14.1. The third-order valence-corrected chi connectivity index (χ3v) is 6.22. The van der Waals surface area contributed by atoms with Crippen LogP contribution in [-0.2, 0) is 0 Å². The first kappa shape index (κ1) is 20.5. The van der Waals surface area contributed by atoms with Crippen molar-refractivity contribution < 1.29 is 0 Å². The smallest absolute Gasteiger partial charge is 0.131 e. The fourth-order valence-corrected chi connectivity index (χ4v) is 3.14. The van der Waals surface area contributed by atoms with Gasteiger partial charge in [-0.1, -0.05) is 88.0 Å². The molecule has 0 spiro atoms. The number of hydrogen-bond acceptors (Lipinski definition) is 0. The molecule has 0 aliphatic heterocycles. The highest BCUT2D eigenvalue weighted by atomic mass is 27.2. The average Bonchev–Trinajstić information content (AvgIpc) is 2.47. The van der Waals surface area contributed by atoms with E-state index in [0.717, 1.165) is 0 Å². The van der Waals surface area contributed by atoms with Crippen LogP contribution in [0.15, 0.2) is 46.5 Å². The van der Waals surface area contributed by atoms with Crippen molar-refractivity contribution in [2.45, 2.75) is 77.3 Å². The van der Waals surface area contributed by atoms with Gasteiger partial charge in [0.1, 0.15) is 0 Å². The molecule has 0 aromatic rings. The summed E-state index contributed by atoms with van der Waals surface area (Å²) >= 11 is -0.621. The lowest BCUT2D eigenvalue weighted by Gasteiger charge is -2.03. The Balaban J connectivity index is 3.77. The fraction of sp³-hybridized carbons (Fsp3) is 0.600. The van der Waals surface area contributed by atoms with Crippen LogP contribution >= 0.6 is 0 Å². The molecule has 0 aliphatic rings. The van der Waals surface area contributed by atoms with Gasteiger partial charge in [0.2, 0.25) is 0 Å². The first-order valence-electron chi connectivity index (χ1n) is 8.76. The van der Waals surface area contributed by atoms with E-state index in [1.54, 1.807) is 4.44 Å². The van der Waals surface area contributed by atoms with Gasteiger partial charge >= 0.3 is 0 Å². The molecule has 118 valence electrons. The van der Waals surface area contributed by atoms with Crippen molar-refractivity contribution in [1.29, 1.82) is 0 Å². The predicted octanol–water partition coefficient (Wildman–Crippen LogP) is 7.04. The van der Waals surface area contributed by atoms with Crippen LogP contribution in [-0.4, -0.2) is 14.1 Å². The first-order valence-corrected chi connectivity index (χ1v) is 11.7. The molecular formula is C20H35Al. The van der Waals surface area contributed by atoms with Crippen LogP contribution in [0.4, 0.5) is 0 Å². The van der Waals surface area contributed by atoms with Crippen molar-refractivity contribution >= 4 is 14.1 Å². The molecular weight excluding hydrogens is 267 g/mol. The standard InChI is InChI=1S/C18H29.2CH3.Al/c1-4-6-7-8-9-10-11-12-13-14-15-16-17-18(3)5-2;;;/h12-17H,4,6-11H2,1-3H3;2*1H3;. The SMILES string of the molecule is CCCCCCCCC=CC=CC=CC(C)=[C](C)[Al]([CH3])[CH3]. The Labute approximate surface area is 138 Å². The minimum atomic E-state index is -0.621. The molecule has 0 fully saturated rings. The Morgan fingerprint density at radius 2 is 1.43 bits per heavy atom. The molecule has 0 aromatic heterocycles. The molecule has 0 saturated carbocycles. The second kappa shape index (κ2) is 14.4. The summed E-state index contributed by atoms with van der Waals surface area (Å²) in [6.07, 6.45) is 22.6. The first-order chi connectivity index (χ1) is 10.1. The lowest BCUT2D eigenvalue weighted by molar-refractivity contribution is 0.611. The molecule has 21 heavy (non-hydrogen) atoms. The molecule has 0 atom stereocenters. The summed E-state index contributed by atoms with van der Waals surface area (Å²) in [4.78, 5) is 0. The molecule has 1 heteroatoms. The van der Waals surface area contributed by atoms with E-state index in [1.165, 1.54) is 50.5 Å². The van der Waals surface area contributed by atoms with Gasteiger partial charge in [-0.3, -0.25) is 0 Å². The van der Waals surface area contributed by atoms with E-state index in [1.807, 2.05) is 0 Å². The van der Waals surface area contributed by atoms with Crippen molar-refractivity contribution in [3.63, 3.8) is 0 Å². The largest absolute Gasteiger partial charge is 0.292 e. The molecule has 0 unspecified atom stereocenters. The fourth-order valence-electron chi connectivity index (χ4n) is 2.13. The van der Waals surface area contributed by atoms with Gasteiger partial charge in [-0.05, 0) is 19.8 Å². The van der Waals surface area contributed by atoms with Gasteiger partial charge in [-0.15, -0.1) is 16.0 Å².